The number of nitrogen functional groups attached to an aromatic ring is 1. The molecule has 0 spiro atoms. The molecule has 0 bridgehead atoms. The number of benzene rings is 1. The van der Waals surface area contributed by atoms with Crippen molar-refractivity contribution in [1.82, 2.24) is 0 Å². The Bertz CT molecular complexity index is 278. The van der Waals surface area contributed by atoms with Crippen LogP contribution in [-0.2, 0) is 5.88 Å². The van der Waals surface area contributed by atoms with Gasteiger partial charge in [-0.3, -0.25) is 5.84 Å². The number of hydrogen-bond acceptors (Lipinski definition) is 3. The van der Waals surface area contributed by atoms with E-state index in [4.69, 9.17) is 22.2 Å². The van der Waals surface area contributed by atoms with Crippen LogP contribution in [0.25, 0.3) is 0 Å². The Kier molecular flexibility index (Phi) is 3.86. The number of hydrogen-bond donors (Lipinski definition) is 2. The van der Waals surface area contributed by atoms with E-state index in [0.717, 1.165) is 17.0 Å². The SMILES string of the molecule is CCOc1cccc(NN)c1CCl. The van der Waals surface area contributed by atoms with Crippen LogP contribution in [0.5, 0.6) is 5.75 Å². The standard InChI is InChI=1S/C9H13ClN2O/c1-2-13-9-5-3-4-8(12-11)7(9)6-10/h3-5,12H,2,6,11H2,1H3. The van der Waals surface area contributed by atoms with E-state index in [2.05, 4.69) is 5.43 Å². The molecule has 0 radical (unpaired) electrons. The average Bonchev–Trinajstić information content (AvgIpc) is 2.18. The summed E-state index contributed by atoms with van der Waals surface area (Å²) in [6, 6.07) is 5.61. The van der Waals surface area contributed by atoms with Gasteiger partial charge in [0, 0.05) is 5.56 Å². The fourth-order valence-electron chi connectivity index (χ4n) is 1.13. The fraction of sp³-hybridized carbons (Fsp3) is 0.333. The van der Waals surface area contributed by atoms with Crippen molar-refractivity contribution < 1.29 is 4.74 Å². The van der Waals surface area contributed by atoms with Gasteiger partial charge in [0.2, 0.25) is 0 Å². The third-order valence-corrected chi connectivity index (χ3v) is 1.99. The molecule has 3 nitrogen and oxygen atoms in total. The number of nitrogens with one attached hydrogen (secondary N) is 1. The van der Waals surface area contributed by atoms with Crippen LogP contribution in [0.1, 0.15) is 12.5 Å². The predicted molar refractivity (Wildman–Crippen MR) is 55.0 cm³/mol. The van der Waals surface area contributed by atoms with Gasteiger partial charge < -0.3 is 10.2 Å². The molecular weight excluding hydrogens is 188 g/mol. The number of anilines is 1. The number of alkyl halides is 1. The summed E-state index contributed by atoms with van der Waals surface area (Å²) < 4.78 is 5.39. The van der Waals surface area contributed by atoms with Crippen LogP contribution in [0.4, 0.5) is 5.69 Å². The minimum Gasteiger partial charge on any atom is -0.493 e. The Hall–Kier alpha value is -0.930. The zero-order valence-electron chi connectivity index (χ0n) is 7.51. The first-order chi connectivity index (χ1) is 6.33. The van der Waals surface area contributed by atoms with Gasteiger partial charge in [-0.2, -0.15) is 0 Å². The van der Waals surface area contributed by atoms with Gasteiger partial charge >= 0.3 is 0 Å². The van der Waals surface area contributed by atoms with Crippen molar-refractivity contribution in [2.75, 3.05) is 12.0 Å². The quantitative estimate of drug-likeness (QED) is 0.445. The summed E-state index contributed by atoms with van der Waals surface area (Å²) in [4.78, 5) is 0. The molecule has 0 amide bonds. The molecule has 3 N–H and O–H groups in total. The molecule has 1 rings (SSSR count). The maximum atomic E-state index is 5.78. The number of rotatable bonds is 4. The molecule has 0 saturated carbocycles. The largest absolute Gasteiger partial charge is 0.493 e. The molecular formula is C9H13ClN2O. The van der Waals surface area contributed by atoms with Crippen molar-refractivity contribution in [2.24, 2.45) is 5.84 Å². The first-order valence-corrected chi connectivity index (χ1v) is 4.64. The summed E-state index contributed by atoms with van der Waals surface area (Å²) in [5.74, 6) is 6.50. The Labute approximate surface area is 82.8 Å². The number of halogens is 1. The Morgan fingerprint density at radius 3 is 2.85 bits per heavy atom. The van der Waals surface area contributed by atoms with Crippen LogP contribution in [0.2, 0.25) is 0 Å². The second-order valence-electron chi connectivity index (χ2n) is 2.49. The highest BCUT2D eigenvalue weighted by molar-refractivity contribution is 6.17. The molecule has 13 heavy (non-hydrogen) atoms. The smallest absolute Gasteiger partial charge is 0.125 e. The lowest BCUT2D eigenvalue weighted by molar-refractivity contribution is 0.338. The lowest BCUT2D eigenvalue weighted by atomic mass is 10.2. The van der Waals surface area contributed by atoms with Crippen LogP contribution < -0.4 is 16.0 Å². The van der Waals surface area contributed by atoms with Gasteiger partial charge in [-0.15, -0.1) is 11.6 Å². The summed E-state index contributed by atoms with van der Waals surface area (Å²) in [6.07, 6.45) is 0. The van der Waals surface area contributed by atoms with Crippen molar-refractivity contribution in [3.63, 3.8) is 0 Å². The Balaban J connectivity index is 3.03. The number of ether oxygens (including phenoxy) is 1. The minimum atomic E-state index is 0.385. The van der Waals surface area contributed by atoms with Crippen molar-refractivity contribution in [3.8, 4) is 5.75 Å². The van der Waals surface area contributed by atoms with Gasteiger partial charge in [0.15, 0.2) is 0 Å². The van der Waals surface area contributed by atoms with E-state index in [9.17, 15) is 0 Å². The molecule has 0 atom stereocenters. The predicted octanol–water partition coefficient (Wildman–Crippen LogP) is 2.11. The maximum Gasteiger partial charge on any atom is 0.125 e. The zero-order chi connectivity index (χ0) is 9.68. The van der Waals surface area contributed by atoms with Crippen molar-refractivity contribution >= 4 is 17.3 Å². The lowest BCUT2D eigenvalue weighted by Gasteiger charge is -2.11. The topological polar surface area (TPSA) is 47.3 Å². The molecule has 1 aromatic carbocycles. The number of nitrogens with two attached hydrogens (primary N) is 1. The fourth-order valence-corrected chi connectivity index (χ4v) is 1.41. The van der Waals surface area contributed by atoms with Crippen LogP contribution in [-0.4, -0.2) is 6.61 Å². The first-order valence-electron chi connectivity index (χ1n) is 4.10. The van der Waals surface area contributed by atoms with Gasteiger partial charge in [-0.05, 0) is 19.1 Å². The summed E-state index contributed by atoms with van der Waals surface area (Å²) in [7, 11) is 0. The van der Waals surface area contributed by atoms with E-state index in [1.54, 1.807) is 0 Å². The van der Waals surface area contributed by atoms with Gasteiger partial charge in [0.1, 0.15) is 5.75 Å². The van der Waals surface area contributed by atoms with Gasteiger partial charge in [0.25, 0.3) is 0 Å². The summed E-state index contributed by atoms with van der Waals surface area (Å²) in [5.41, 5.74) is 4.28. The summed E-state index contributed by atoms with van der Waals surface area (Å²) in [5, 5.41) is 0. The normalized spacial score (nSPS) is 9.77. The molecule has 0 heterocycles. The van der Waals surface area contributed by atoms with Crippen molar-refractivity contribution in [1.29, 1.82) is 0 Å². The van der Waals surface area contributed by atoms with Crippen molar-refractivity contribution in [2.45, 2.75) is 12.8 Å². The average molecular weight is 201 g/mol. The highest BCUT2D eigenvalue weighted by Gasteiger charge is 2.06. The second-order valence-corrected chi connectivity index (χ2v) is 2.76. The Morgan fingerprint density at radius 2 is 2.31 bits per heavy atom. The summed E-state index contributed by atoms with van der Waals surface area (Å²) >= 11 is 5.78. The molecule has 0 aliphatic rings. The van der Waals surface area contributed by atoms with Crippen LogP contribution in [0.3, 0.4) is 0 Å². The van der Waals surface area contributed by atoms with Gasteiger partial charge in [-0.1, -0.05) is 6.07 Å². The third kappa shape index (κ3) is 2.26. The van der Waals surface area contributed by atoms with Crippen LogP contribution in [0.15, 0.2) is 18.2 Å². The molecule has 1 aromatic rings. The monoisotopic (exact) mass is 200 g/mol. The summed E-state index contributed by atoms with van der Waals surface area (Å²) in [6.45, 7) is 2.55. The molecule has 72 valence electrons. The van der Waals surface area contributed by atoms with Crippen molar-refractivity contribution in [3.05, 3.63) is 23.8 Å². The maximum absolute atomic E-state index is 5.78. The van der Waals surface area contributed by atoms with Crippen LogP contribution >= 0.6 is 11.6 Å². The van der Waals surface area contributed by atoms with E-state index in [1.807, 2.05) is 25.1 Å². The first kappa shape index (κ1) is 10.2. The molecule has 0 aliphatic heterocycles. The van der Waals surface area contributed by atoms with E-state index in [-0.39, 0.29) is 0 Å². The van der Waals surface area contributed by atoms with E-state index in [0.29, 0.717) is 12.5 Å². The van der Waals surface area contributed by atoms with Crippen LogP contribution in [0, 0.1) is 0 Å². The van der Waals surface area contributed by atoms with E-state index >= 15 is 0 Å². The van der Waals surface area contributed by atoms with Gasteiger partial charge in [-0.25, -0.2) is 0 Å². The molecule has 0 aromatic heterocycles. The highest BCUT2D eigenvalue weighted by Crippen LogP contribution is 2.27. The zero-order valence-corrected chi connectivity index (χ0v) is 8.27. The molecule has 4 heteroatoms. The third-order valence-electron chi connectivity index (χ3n) is 1.72. The number of hydrazine groups is 1. The highest BCUT2D eigenvalue weighted by atomic mass is 35.5. The molecule has 0 unspecified atom stereocenters. The molecule has 0 aliphatic carbocycles. The van der Waals surface area contributed by atoms with E-state index < -0.39 is 0 Å². The van der Waals surface area contributed by atoms with E-state index in [1.165, 1.54) is 0 Å². The minimum absolute atomic E-state index is 0.385. The lowest BCUT2D eigenvalue weighted by Crippen LogP contribution is -2.09. The second kappa shape index (κ2) is 4.94. The molecule has 0 fully saturated rings. The van der Waals surface area contributed by atoms with Gasteiger partial charge in [0.05, 0.1) is 18.2 Å². The Morgan fingerprint density at radius 1 is 1.54 bits per heavy atom. The molecule has 0 saturated heterocycles.